The van der Waals surface area contributed by atoms with Crippen LogP contribution in [0.3, 0.4) is 0 Å². The van der Waals surface area contributed by atoms with Gasteiger partial charge in [-0.2, -0.15) is 8.78 Å². The number of hydrogen-bond donors (Lipinski definition) is 0. The Hall–Kier alpha value is -3.09. The molecule has 3 aliphatic heterocycles. The lowest BCUT2D eigenvalue weighted by molar-refractivity contribution is -0.162. The molecule has 0 atom stereocenters. The van der Waals surface area contributed by atoms with Crippen LogP contribution in [0.4, 0.5) is 23.2 Å². The van der Waals surface area contributed by atoms with Crippen molar-refractivity contribution in [3.8, 4) is 11.5 Å². The zero-order valence-corrected chi connectivity index (χ0v) is 20.4. The molecular weight excluding hydrogens is 510 g/mol. The maximum Gasteiger partial charge on any atom is 0.314 e. The van der Waals surface area contributed by atoms with Gasteiger partial charge in [-0.25, -0.2) is 8.78 Å². The summed E-state index contributed by atoms with van der Waals surface area (Å²) in [6.45, 7) is 5.31. The first-order chi connectivity index (χ1) is 17.8. The van der Waals surface area contributed by atoms with Gasteiger partial charge in [-0.05, 0) is 48.6 Å². The second-order valence-electron chi connectivity index (χ2n) is 9.85. The van der Waals surface area contributed by atoms with Crippen LogP contribution in [0.2, 0.25) is 0 Å². The number of halogens is 4. The van der Waals surface area contributed by atoms with E-state index in [1.165, 1.54) is 24.3 Å². The smallest absolute Gasteiger partial charge is 0.314 e. The molecule has 7 nitrogen and oxygen atoms in total. The molecule has 0 N–H and O–H groups in total. The van der Waals surface area contributed by atoms with Gasteiger partial charge < -0.3 is 19.0 Å². The molecule has 0 unspecified atom stereocenters. The van der Waals surface area contributed by atoms with Crippen LogP contribution in [-0.2, 0) is 11.3 Å². The van der Waals surface area contributed by atoms with Crippen LogP contribution in [-0.4, -0.2) is 70.5 Å². The minimum absolute atomic E-state index is 0.0950. The molecule has 12 heteroatoms. The van der Waals surface area contributed by atoms with Gasteiger partial charge in [-0.3, -0.25) is 4.90 Å². The lowest BCUT2D eigenvalue weighted by atomic mass is 9.72. The standard InChI is InChI=1S/C25H23F4N5O2S/c26-17-3-5-18(6-4-17)34(24(37)33-13-25(14-33)11-32(12-25)19-9-35-10-19)8-16-2-1-15(7-20(16)27)22-30-31-23(36-22)21(28)29/h1-7,19,21H,8-14H2. The first-order valence-electron chi connectivity index (χ1n) is 11.8. The fraction of sp³-hybridized carbons (Fsp3) is 0.400. The lowest BCUT2D eigenvalue weighted by Crippen LogP contribution is -2.76. The number of aromatic nitrogens is 2. The molecule has 4 heterocycles. The van der Waals surface area contributed by atoms with Gasteiger partial charge in [0.2, 0.25) is 5.89 Å². The molecule has 2 aromatic carbocycles. The van der Waals surface area contributed by atoms with E-state index in [0.29, 0.717) is 22.4 Å². The molecule has 0 amide bonds. The largest absolute Gasteiger partial charge is 0.415 e. The van der Waals surface area contributed by atoms with E-state index in [9.17, 15) is 13.2 Å². The summed E-state index contributed by atoms with van der Waals surface area (Å²) in [5.41, 5.74) is 1.35. The fourth-order valence-corrected chi connectivity index (χ4v) is 5.38. The van der Waals surface area contributed by atoms with Gasteiger partial charge in [0.25, 0.3) is 5.89 Å². The first-order valence-corrected chi connectivity index (χ1v) is 12.3. The highest BCUT2D eigenvalue weighted by Crippen LogP contribution is 2.42. The molecule has 3 fully saturated rings. The highest BCUT2D eigenvalue weighted by atomic mass is 32.1. The minimum Gasteiger partial charge on any atom is -0.415 e. The lowest BCUT2D eigenvalue weighted by Gasteiger charge is -2.63. The number of alkyl halides is 2. The number of rotatable bonds is 6. The summed E-state index contributed by atoms with van der Waals surface area (Å²) < 4.78 is 64.5. The van der Waals surface area contributed by atoms with E-state index in [-0.39, 0.29) is 29.2 Å². The third-order valence-corrected chi connectivity index (χ3v) is 7.64. The number of nitrogens with zero attached hydrogens (tertiary/aromatic N) is 5. The monoisotopic (exact) mass is 533 g/mol. The van der Waals surface area contributed by atoms with Gasteiger partial charge in [0.05, 0.1) is 25.8 Å². The summed E-state index contributed by atoms with van der Waals surface area (Å²) >= 11 is 5.82. The fourth-order valence-electron chi connectivity index (χ4n) is 5.09. The maximum absolute atomic E-state index is 15.1. The topological polar surface area (TPSA) is 57.9 Å². The van der Waals surface area contributed by atoms with Crippen LogP contribution in [0.1, 0.15) is 17.9 Å². The summed E-state index contributed by atoms with van der Waals surface area (Å²) in [7, 11) is 0. The summed E-state index contributed by atoms with van der Waals surface area (Å²) in [5, 5.41) is 7.39. The SMILES string of the molecule is Fc1ccc(N(Cc2ccc(-c3nnc(C(F)F)o3)cc2F)C(=S)N2CC3(C2)CN(C2COC2)C3)cc1. The Morgan fingerprint density at radius 2 is 1.78 bits per heavy atom. The molecule has 0 bridgehead atoms. The summed E-state index contributed by atoms with van der Waals surface area (Å²) in [4.78, 5) is 6.30. The molecule has 0 aliphatic carbocycles. The van der Waals surface area contributed by atoms with Crippen molar-refractivity contribution < 1.29 is 26.7 Å². The van der Waals surface area contributed by atoms with Gasteiger partial charge in [0, 0.05) is 48.4 Å². The van der Waals surface area contributed by atoms with Gasteiger partial charge in [-0.1, -0.05) is 6.07 Å². The van der Waals surface area contributed by atoms with Crippen LogP contribution in [0, 0.1) is 17.0 Å². The Bertz CT molecular complexity index is 1300. The second kappa shape index (κ2) is 9.34. The van der Waals surface area contributed by atoms with Gasteiger partial charge in [-0.15, -0.1) is 10.2 Å². The van der Waals surface area contributed by atoms with E-state index in [0.717, 1.165) is 45.5 Å². The summed E-state index contributed by atoms with van der Waals surface area (Å²) in [6.07, 6.45) is -2.91. The van der Waals surface area contributed by atoms with Crippen LogP contribution < -0.4 is 4.90 Å². The molecule has 1 aromatic heterocycles. The zero-order chi connectivity index (χ0) is 25.7. The van der Waals surface area contributed by atoms with E-state index in [1.807, 2.05) is 0 Å². The van der Waals surface area contributed by atoms with E-state index >= 15 is 4.39 Å². The normalized spacial score (nSPS) is 19.0. The molecule has 1 spiro atoms. The maximum atomic E-state index is 15.1. The van der Waals surface area contributed by atoms with E-state index < -0.39 is 18.1 Å². The highest BCUT2D eigenvalue weighted by molar-refractivity contribution is 7.80. The van der Waals surface area contributed by atoms with Gasteiger partial charge >= 0.3 is 6.43 Å². The Labute approximate surface area is 215 Å². The minimum atomic E-state index is -2.91. The molecule has 194 valence electrons. The van der Waals surface area contributed by atoms with E-state index in [2.05, 4.69) is 20.0 Å². The zero-order valence-electron chi connectivity index (χ0n) is 19.6. The van der Waals surface area contributed by atoms with Crippen molar-refractivity contribution >= 4 is 23.0 Å². The summed E-state index contributed by atoms with van der Waals surface area (Å²) in [6, 6.07) is 10.6. The Kier molecular flexibility index (Phi) is 6.12. The van der Waals surface area contributed by atoms with Crippen molar-refractivity contribution in [1.29, 1.82) is 0 Å². The number of ether oxygens (including phenoxy) is 1. The number of likely N-dealkylation sites (tertiary alicyclic amines) is 2. The molecule has 3 saturated heterocycles. The van der Waals surface area contributed by atoms with E-state index in [1.54, 1.807) is 17.0 Å². The second-order valence-corrected chi connectivity index (χ2v) is 10.2. The predicted octanol–water partition coefficient (Wildman–Crippen LogP) is 4.26. The molecular formula is C25H23F4N5O2S. The third kappa shape index (κ3) is 4.57. The van der Waals surface area contributed by atoms with Crippen molar-refractivity contribution in [2.45, 2.75) is 19.0 Å². The van der Waals surface area contributed by atoms with Crippen molar-refractivity contribution in [1.82, 2.24) is 20.0 Å². The predicted molar refractivity (Wildman–Crippen MR) is 130 cm³/mol. The number of anilines is 1. The molecule has 6 rings (SSSR count). The Morgan fingerprint density at radius 3 is 2.38 bits per heavy atom. The first kappa shape index (κ1) is 24.3. The Balaban J connectivity index is 1.18. The number of thiocarbonyl (C=S) groups is 1. The molecule has 3 aromatic rings. The molecule has 0 radical (unpaired) electrons. The quantitative estimate of drug-likeness (QED) is 0.344. The van der Waals surface area contributed by atoms with Crippen LogP contribution in [0.5, 0.6) is 0 Å². The van der Waals surface area contributed by atoms with Crippen molar-refractivity contribution in [2.75, 3.05) is 44.3 Å². The van der Waals surface area contributed by atoms with Crippen LogP contribution in [0.25, 0.3) is 11.5 Å². The summed E-state index contributed by atoms with van der Waals surface area (Å²) in [5.74, 6) is -1.98. The van der Waals surface area contributed by atoms with Crippen LogP contribution in [0.15, 0.2) is 46.9 Å². The van der Waals surface area contributed by atoms with Gasteiger partial charge in [0.1, 0.15) is 11.6 Å². The van der Waals surface area contributed by atoms with Gasteiger partial charge in [0.15, 0.2) is 5.11 Å². The average Bonchev–Trinajstić information content (AvgIpc) is 3.29. The molecule has 0 saturated carbocycles. The van der Waals surface area contributed by atoms with E-state index in [4.69, 9.17) is 21.4 Å². The Morgan fingerprint density at radius 1 is 1.05 bits per heavy atom. The van der Waals surface area contributed by atoms with Crippen LogP contribution >= 0.6 is 12.2 Å². The molecule has 37 heavy (non-hydrogen) atoms. The number of benzene rings is 2. The average molecular weight is 534 g/mol. The highest BCUT2D eigenvalue weighted by Gasteiger charge is 2.55. The third-order valence-electron chi connectivity index (χ3n) is 7.16. The van der Waals surface area contributed by atoms with Crippen molar-refractivity contribution in [3.05, 3.63) is 65.6 Å². The molecule has 3 aliphatic rings. The number of hydrogen-bond acceptors (Lipinski definition) is 6. The van der Waals surface area contributed by atoms with Crippen molar-refractivity contribution in [2.24, 2.45) is 5.41 Å². The van der Waals surface area contributed by atoms with Crippen molar-refractivity contribution in [3.63, 3.8) is 0 Å².